The van der Waals surface area contributed by atoms with E-state index in [1.165, 1.54) is 37.1 Å². The van der Waals surface area contributed by atoms with Gasteiger partial charge in [-0.15, -0.1) is 0 Å². The molecule has 0 radical (unpaired) electrons. The van der Waals surface area contributed by atoms with Crippen LogP contribution in [0.15, 0.2) is 24.3 Å². The number of piperidine rings is 1. The van der Waals surface area contributed by atoms with Gasteiger partial charge in [-0.05, 0) is 50.5 Å². The number of hydrogen-bond acceptors (Lipinski definition) is 2. The molecule has 106 valence electrons. The van der Waals surface area contributed by atoms with Gasteiger partial charge in [0, 0.05) is 19.1 Å². The summed E-state index contributed by atoms with van der Waals surface area (Å²) in [6.07, 6.45) is 2.67. The molecule has 0 N–H and O–H groups in total. The van der Waals surface area contributed by atoms with E-state index in [0.717, 1.165) is 12.6 Å². The van der Waals surface area contributed by atoms with Crippen LogP contribution in [0.5, 0.6) is 0 Å². The van der Waals surface area contributed by atoms with Crippen LogP contribution in [-0.2, 0) is 6.54 Å². The zero-order chi connectivity index (χ0) is 13.8. The molecule has 0 aromatic heterocycles. The highest BCUT2D eigenvalue weighted by molar-refractivity contribution is 5.24. The highest BCUT2D eigenvalue weighted by atomic mass is 15.2. The molecule has 1 aliphatic heterocycles. The number of benzene rings is 1. The molecule has 0 bridgehead atoms. The molecule has 0 saturated carbocycles. The fourth-order valence-corrected chi connectivity index (χ4v) is 2.86. The Labute approximate surface area is 118 Å². The zero-order valence-corrected chi connectivity index (χ0v) is 12.9. The minimum atomic E-state index is 0.627. The van der Waals surface area contributed by atoms with Crippen LogP contribution < -0.4 is 0 Å². The average molecular weight is 260 g/mol. The van der Waals surface area contributed by atoms with E-state index in [1.54, 1.807) is 0 Å². The van der Waals surface area contributed by atoms with Crippen molar-refractivity contribution in [2.45, 2.75) is 45.2 Å². The fraction of sp³-hybridized carbons (Fsp3) is 0.647. The first-order chi connectivity index (χ1) is 9.06. The first-order valence-electron chi connectivity index (χ1n) is 7.54. The summed E-state index contributed by atoms with van der Waals surface area (Å²) >= 11 is 0. The summed E-state index contributed by atoms with van der Waals surface area (Å²) in [5.74, 6) is 0.627. The van der Waals surface area contributed by atoms with Crippen molar-refractivity contribution in [2.75, 3.05) is 27.2 Å². The van der Waals surface area contributed by atoms with Crippen molar-refractivity contribution in [3.63, 3.8) is 0 Å². The van der Waals surface area contributed by atoms with Gasteiger partial charge in [-0.3, -0.25) is 4.90 Å². The summed E-state index contributed by atoms with van der Waals surface area (Å²) in [5, 5.41) is 0. The third kappa shape index (κ3) is 4.05. The predicted molar refractivity (Wildman–Crippen MR) is 82.5 cm³/mol. The summed E-state index contributed by atoms with van der Waals surface area (Å²) in [6, 6.07) is 9.90. The Bertz CT molecular complexity index is 381. The number of likely N-dealkylation sites (tertiary alicyclic amines) is 1. The molecule has 1 aromatic carbocycles. The van der Waals surface area contributed by atoms with E-state index >= 15 is 0 Å². The maximum atomic E-state index is 2.60. The maximum absolute atomic E-state index is 2.60. The van der Waals surface area contributed by atoms with Gasteiger partial charge in [-0.25, -0.2) is 0 Å². The van der Waals surface area contributed by atoms with Gasteiger partial charge in [0.15, 0.2) is 0 Å². The SMILES string of the molecule is CC(C)c1ccc(CN2CCCC(N(C)C)C2)cc1. The molecule has 2 nitrogen and oxygen atoms in total. The topological polar surface area (TPSA) is 6.48 Å². The zero-order valence-electron chi connectivity index (χ0n) is 12.9. The van der Waals surface area contributed by atoms with Crippen molar-refractivity contribution in [3.8, 4) is 0 Å². The van der Waals surface area contributed by atoms with E-state index in [0.29, 0.717) is 5.92 Å². The van der Waals surface area contributed by atoms with E-state index in [1.807, 2.05) is 0 Å². The van der Waals surface area contributed by atoms with Crippen molar-refractivity contribution in [2.24, 2.45) is 0 Å². The monoisotopic (exact) mass is 260 g/mol. The van der Waals surface area contributed by atoms with E-state index < -0.39 is 0 Å². The normalized spacial score (nSPS) is 21.3. The average Bonchev–Trinajstić information content (AvgIpc) is 2.39. The first-order valence-corrected chi connectivity index (χ1v) is 7.54. The van der Waals surface area contributed by atoms with E-state index in [-0.39, 0.29) is 0 Å². The molecule has 0 aliphatic carbocycles. The molecular formula is C17H28N2. The molecule has 1 atom stereocenters. The van der Waals surface area contributed by atoms with Crippen LogP contribution in [-0.4, -0.2) is 43.0 Å². The minimum Gasteiger partial charge on any atom is -0.305 e. The van der Waals surface area contributed by atoms with Crippen LogP contribution in [0.1, 0.15) is 43.7 Å². The third-order valence-electron chi connectivity index (χ3n) is 4.26. The molecule has 1 fully saturated rings. The van der Waals surface area contributed by atoms with E-state index in [9.17, 15) is 0 Å². The second-order valence-corrected chi connectivity index (χ2v) is 6.39. The molecule has 0 amide bonds. The molecule has 1 unspecified atom stereocenters. The second-order valence-electron chi connectivity index (χ2n) is 6.39. The maximum Gasteiger partial charge on any atom is 0.0234 e. The van der Waals surface area contributed by atoms with Crippen LogP contribution in [0.4, 0.5) is 0 Å². The Hall–Kier alpha value is -0.860. The van der Waals surface area contributed by atoms with Gasteiger partial charge in [0.1, 0.15) is 0 Å². The highest BCUT2D eigenvalue weighted by Gasteiger charge is 2.21. The van der Waals surface area contributed by atoms with Crippen molar-refractivity contribution in [3.05, 3.63) is 35.4 Å². The van der Waals surface area contributed by atoms with Crippen molar-refractivity contribution in [1.29, 1.82) is 0 Å². The van der Waals surface area contributed by atoms with Crippen LogP contribution in [0, 0.1) is 0 Å². The van der Waals surface area contributed by atoms with Gasteiger partial charge in [0.05, 0.1) is 0 Å². The van der Waals surface area contributed by atoms with Gasteiger partial charge in [-0.2, -0.15) is 0 Å². The molecule has 1 aromatic rings. The number of rotatable bonds is 4. The Balaban J connectivity index is 1.93. The Morgan fingerprint density at radius 3 is 2.47 bits per heavy atom. The fourth-order valence-electron chi connectivity index (χ4n) is 2.86. The smallest absolute Gasteiger partial charge is 0.0234 e. The van der Waals surface area contributed by atoms with Crippen LogP contribution in [0.3, 0.4) is 0 Å². The van der Waals surface area contributed by atoms with Gasteiger partial charge in [0.2, 0.25) is 0 Å². The van der Waals surface area contributed by atoms with Gasteiger partial charge < -0.3 is 4.90 Å². The van der Waals surface area contributed by atoms with Crippen molar-refractivity contribution < 1.29 is 0 Å². The molecule has 0 spiro atoms. The Morgan fingerprint density at radius 2 is 1.89 bits per heavy atom. The molecule has 1 saturated heterocycles. The van der Waals surface area contributed by atoms with Crippen LogP contribution >= 0.6 is 0 Å². The number of likely N-dealkylation sites (N-methyl/N-ethyl adjacent to an activating group) is 1. The molecule has 2 heteroatoms. The quantitative estimate of drug-likeness (QED) is 0.819. The summed E-state index contributed by atoms with van der Waals surface area (Å²) in [5.41, 5.74) is 2.89. The second kappa shape index (κ2) is 6.53. The van der Waals surface area contributed by atoms with Crippen LogP contribution in [0.25, 0.3) is 0 Å². The Kier molecular flexibility index (Phi) is 5.00. The lowest BCUT2D eigenvalue weighted by Gasteiger charge is -2.36. The lowest BCUT2D eigenvalue weighted by molar-refractivity contribution is 0.128. The third-order valence-corrected chi connectivity index (χ3v) is 4.26. The summed E-state index contributed by atoms with van der Waals surface area (Å²) in [6.45, 7) is 8.06. The van der Waals surface area contributed by atoms with E-state index in [4.69, 9.17) is 0 Å². The van der Waals surface area contributed by atoms with Gasteiger partial charge >= 0.3 is 0 Å². The highest BCUT2D eigenvalue weighted by Crippen LogP contribution is 2.18. The van der Waals surface area contributed by atoms with Crippen molar-refractivity contribution in [1.82, 2.24) is 9.80 Å². The van der Waals surface area contributed by atoms with E-state index in [2.05, 4.69) is 62.0 Å². The summed E-state index contributed by atoms with van der Waals surface area (Å²) in [4.78, 5) is 4.96. The largest absolute Gasteiger partial charge is 0.305 e. The summed E-state index contributed by atoms with van der Waals surface area (Å²) < 4.78 is 0. The van der Waals surface area contributed by atoms with Crippen LogP contribution in [0.2, 0.25) is 0 Å². The van der Waals surface area contributed by atoms with Gasteiger partial charge in [0.25, 0.3) is 0 Å². The molecule has 1 heterocycles. The molecule has 2 rings (SSSR count). The first kappa shape index (κ1) is 14.5. The molecular weight excluding hydrogens is 232 g/mol. The number of nitrogens with zero attached hydrogens (tertiary/aromatic N) is 2. The summed E-state index contributed by atoms with van der Waals surface area (Å²) in [7, 11) is 4.40. The lowest BCUT2D eigenvalue weighted by atomic mass is 10.0. The van der Waals surface area contributed by atoms with Gasteiger partial charge in [-0.1, -0.05) is 38.1 Å². The standard InChI is InChI=1S/C17H28N2/c1-14(2)16-9-7-15(8-10-16)12-19-11-5-6-17(13-19)18(3)4/h7-10,14,17H,5-6,11-13H2,1-4H3. The predicted octanol–water partition coefficient (Wildman–Crippen LogP) is 3.34. The lowest BCUT2D eigenvalue weighted by Crippen LogP contribution is -2.44. The number of hydrogen-bond donors (Lipinski definition) is 0. The minimum absolute atomic E-state index is 0.627. The molecule has 19 heavy (non-hydrogen) atoms. The Morgan fingerprint density at radius 1 is 1.21 bits per heavy atom. The van der Waals surface area contributed by atoms with Crippen molar-refractivity contribution >= 4 is 0 Å². The molecule has 1 aliphatic rings.